The Bertz CT molecular complexity index is 632. The summed E-state index contributed by atoms with van der Waals surface area (Å²) in [6.45, 7) is 3.79. The van der Waals surface area contributed by atoms with Gasteiger partial charge in [-0.1, -0.05) is 0 Å². The summed E-state index contributed by atoms with van der Waals surface area (Å²) in [7, 11) is -4.15. The molecule has 20 heavy (non-hydrogen) atoms. The highest BCUT2D eigenvalue weighted by molar-refractivity contribution is 7.89. The lowest BCUT2D eigenvalue weighted by atomic mass is 10.1. The monoisotopic (exact) mass is 306 g/mol. The summed E-state index contributed by atoms with van der Waals surface area (Å²) < 4.78 is 58.4. The van der Waals surface area contributed by atoms with Gasteiger partial charge in [-0.15, -0.1) is 0 Å². The Labute approximate surface area is 116 Å². The van der Waals surface area contributed by atoms with Crippen molar-refractivity contribution < 1.29 is 21.9 Å². The normalized spacial score (nSPS) is 20.0. The summed E-state index contributed by atoms with van der Waals surface area (Å²) in [5.41, 5.74) is 4.57. The van der Waals surface area contributed by atoms with Crippen molar-refractivity contribution in [1.29, 1.82) is 0 Å². The van der Waals surface area contributed by atoms with Gasteiger partial charge in [0.15, 0.2) is 11.6 Å². The molecule has 1 saturated heterocycles. The minimum atomic E-state index is -4.15. The van der Waals surface area contributed by atoms with Crippen LogP contribution in [0.25, 0.3) is 0 Å². The summed E-state index contributed by atoms with van der Waals surface area (Å²) in [5, 5.41) is 0. The van der Waals surface area contributed by atoms with Crippen LogP contribution in [0.2, 0.25) is 0 Å². The van der Waals surface area contributed by atoms with Crippen molar-refractivity contribution >= 4 is 15.7 Å². The van der Waals surface area contributed by atoms with Crippen molar-refractivity contribution in [3.8, 4) is 0 Å². The van der Waals surface area contributed by atoms with Gasteiger partial charge < -0.3 is 10.5 Å². The van der Waals surface area contributed by atoms with E-state index in [4.69, 9.17) is 10.5 Å². The van der Waals surface area contributed by atoms with E-state index in [2.05, 4.69) is 0 Å². The van der Waals surface area contributed by atoms with Crippen LogP contribution in [0.1, 0.15) is 13.8 Å². The highest BCUT2D eigenvalue weighted by Crippen LogP contribution is 2.27. The van der Waals surface area contributed by atoms with Crippen molar-refractivity contribution in [2.75, 3.05) is 25.4 Å². The summed E-state index contributed by atoms with van der Waals surface area (Å²) >= 11 is 0. The number of sulfonamides is 1. The zero-order valence-electron chi connectivity index (χ0n) is 11.2. The molecule has 1 aliphatic rings. The van der Waals surface area contributed by atoms with Gasteiger partial charge in [-0.25, -0.2) is 17.2 Å². The number of anilines is 1. The van der Waals surface area contributed by atoms with E-state index in [-0.39, 0.29) is 25.4 Å². The first-order chi connectivity index (χ1) is 9.13. The van der Waals surface area contributed by atoms with Crippen molar-refractivity contribution in [1.82, 2.24) is 4.31 Å². The second-order valence-electron chi connectivity index (χ2n) is 5.26. The van der Waals surface area contributed by atoms with E-state index in [0.717, 1.165) is 16.4 Å². The minimum absolute atomic E-state index is 0.0607. The molecular weight excluding hydrogens is 290 g/mol. The molecule has 0 aliphatic carbocycles. The Hall–Kier alpha value is -1.25. The Balaban J connectivity index is 2.46. The number of nitrogens with zero attached hydrogens (tertiary/aromatic N) is 1. The second-order valence-corrected chi connectivity index (χ2v) is 7.17. The summed E-state index contributed by atoms with van der Waals surface area (Å²) in [6.07, 6.45) is 0. The van der Waals surface area contributed by atoms with E-state index in [1.54, 1.807) is 13.8 Å². The molecule has 0 radical (unpaired) electrons. The first-order valence-corrected chi connectivity index (χ1v) is 7.46. The van der Waals surface area contributed by atoms with Crippen LogP contribution in [0.5, 0.6) is 0 Å². The Kier molecular flexibility index (Phi) is 3.74. The fraction of sp³-hybridized carbons (Fsp3) is 0.500. The number of nitrogen functional groups attached to an aromatic ring is 1. The van der Waals surface area contributed by atoms with Gasteiger partial charge in [0.2, 0.25) is 10.0 Å². The van der Waals surface area contributed by atoms with Gasteiger partial charge in [0.1, 0.15) is 4.90 Å². The lowest BCUT2D eigenvalue weighted by Crippen LogP contribution is -2.50. The molecule has 0 spiro atoms. The molecule has 0 bridgehead atoms. The van der Waals surface area contributed by atoms with Gasteiger partial charge in [-0.05, 0) is 26.0 Å². The van der Waals surface area contributed by atoms with E-state index >= 15 is 0 Å². The van der Waals surface area contributed by atoms with Gasteiger partial charge in [0.25, 0.3) is 0 Å². The van der Waals surface area contributed by atoms with Crippen LogP contribution >= 0.6 is 0 Å². The topological polar surface area (TPSA) is 72.6 Å². The average Bonchev–Trinajstić information content (AvgIpc) is 2.32. The molecular formula is C12H16F2N2O3S. The summed E-state index contributed by atoms with van der Waals surface area (Å²) in [5.74, 6) is -2.69. The molecule has 1 heterocycles. The third-order valence-electron chi connectivity index (χ3n) is 3.03. The van der Waals surface area contributed by atoms with E-state index in [9.17, 15) is 17.2 Å². The first kappa shape index (κ1) is 15.1. The second kappa shape index (κ2) is 4.94. The molecule has 0 amide bonds. The number of halogens is 2. The van der Waals surface area contributed by atoms with Gasteiger partial charge in [0.05, 0.1) is 12.2 Å². The molecule has 2 N–H and O–H groups in total. The Morgan fingerprint density at radius 1 is 1.35 bits per heavy atom. The summed E-state index contributed by atoms with van der Waals surface area (Å²) in [6, 6.07) is 1.67. The molecule has 1 aliphatic heterocycles. The first-order valence-electron chi connectivity index (χ1n) is 6.02. The maximum Gasteiger partial charge on any atom is 0.246 e. The third kappa shape index (κ3) is 2.77. The van der Waals surface area contributed by atoms with Crippen LogP contribution in [0.15, 0.2) is 17.0 Å². The van der Waals surface area contributed by atoms with Crippen LogP contribution in [-0.2, 0) is 14.8 Å². The van der Waals surface area contributed by atoms with Gasteiger partial charge in [-0.3, -0.25) is 0 Å². The molecule has 0 aromatic heterocycles. The smallest absolute Gasteiger partial charge is 0.246 e. The molecule has 8 heteroatoms. The SMILES string of the molecule is CC1(C)CN(S(=O)(=O)c2cc(N)cc(F)c2F)CCO1. The summed E-state index contributed by atoms with van der Waals surface area (Å²) in [4.78, 5) is -0.743. The molecule has 1 aromatic rings. The fourth-order valence-corrected chi connectivity index (χ4v) is 3.77. The third-order valence-corrected chi connectivity index (χ3v) is 4.87. The standard InChI is InChI=1S/C12H16F2N2O3S/c1-12(2)7-16(3-4-19-12)20(17,18)10-6-8(15)5-9(13)11(10)14/h5-6H,3-4,7,15H2,1-2H3. The lowest BCUT2D eigenvalue weighted by Gasteiger charge is -2.37. The Morgan fingerprint density at radius 2 is 2.00 bits per heavy atom. The quantitative estimate of drug-likeness (QED) is 0.837. The van der Waals surface area contributed by atoms with Gasteiger partial charge in [-0.2, -0.15) is 4.31 Å². The zero-order chi connectivity index (χ0) is 15.1. The van der Waals surface area contributed by atoms with Crippen molar-refractivity contribution in [3.63, 3.8) is 0 Å². The average molecular weight is 306 g/mol. The van der Waals surface area contributed by atoms with Crippen LogP contribution < -0.4 is 5.73 Å². The van der Waals surface area contributed by atoms with Gasteiger partial charge in [0, 0.05) is 18.8 Å². The number of benzene rings is 1. The highest BCUT2D eigenvalue weighted by atomic mass is 32.2. The molecule has 1 fully saturated rings. The maximum atomic E-state index is 13.8. The number of ether oxygens (including phenoxy) is 1. The largest absolute Gasteiger partial charge is 0.399 e. The van der Waals surface area contributed by atoms with Gasteiger partial charge >= 0.3 is 0 Å². The highest BCUT2D eigenvalue weighted by Gasteiger charge is 2.36. The zero-order valence-corrected chi connectivity index (χ0v) is 12.0. The van der Waals surface area contributed by atoms with Crippen molar-refractivity contribution in [2.24, 2.45) is 0 Å². The van der Waals surface area contributed by atoms with Crippen molar-refractivity contribution in [3.05, 3.63) is 23.8 Å². The fourth-order valence-electron chi connectivity index (χ4n) is 2.09. The number of hydrogen-bond donors (Lipinski definition) is 1. The molecule has 1 aromatic carbocycles. The van der Waals surface area contributed by atoms with E-state index in [0.29, 0.717) is 0 Å². The number of hydrogen-bond acceptors (Lipinski definition) is 4. The van der Waals surface area contributed by atoms with Crippen LogP contribution in [-0.4, -0.2) is 38.0 Å². The molecule has 0 saturated carbocycles. The maximum absolute atomic E-state index is 13.8. The van der Waals surface area contributed by atoms with Crippen molar-refractivity contribution in [2.45, 2.75) is 24.3 Å². The predicted molar refractivity (Wildman–Crippen MR) is 69.6 cm³/mol. The molecule has 112 valence electrons. The Morgan fingerprint density at radius 3 is 2.60 bits per heavy atom. The molecule has 2 rings (SSSR count). The molecule has 0 unspecified atom stereocenters. The number of morpholine rings is 1. The molecule has 0 atom stereocenters. The predicted octanol–water partition coefficient (Wildman–Crippen LogP) is 1.35. The van der Waals surface area contributed by atoms with Crippen LogP contribution in [0, 0.1) is 11.6 Å². The van der Waals surface area contributed by atoms with E-state index in [1.807, 2.05) is 0 Å². The lowest BCUT2D eigenvalue weighted by molar-refractivity contribution is -0.0640. The van der Waals surface area contributed by atoms with Crippen LogP contribution in [0.3, 0.4) is 0 Å². The number of nitrogens with two attached hydrogens (primary N) is 1. The van der Waals surface area contributed by atoms with E-state index < -0.39 is 32.2 Å². The number of rotatable bonds is 2. The van der Waals surface area contributed by atoms with E-state index in [1.165, 1.54) is 0 Å². The molecule has 5 nitrogen and oxygen atoms in total. The van der Waals surface area contributed by atoms with Crippen LogP contribution in [0.4, 0.5) is 14.5 Å². The minimum Gasteiger partial charge on any atom is -0.399 e.